The first-order chi connectivity index (χ1) is 12.1. The number of nitro groups is 1. The van der Waals surface area contributed by atoms with Crippen molar-refractivity contribution in [2.45, 2.75) is 4.90 Å². The predicted octanol–water partition coefficient (Wildman–Crippen LogP) is 3.86. The third-order valence-corrected chi connectivity index (χ3v) is 5.50. The number of halogens is 3. The van der Waals surface area contributed by atoms with Crippen molar-refractivity contribution in [3.05, 3.63) is 50.2 Å². The van der Waals surface area contributed by atoms with Gasteiger partial charge < -0.3 is 9.47 Å². The van der Waals surface area contributed by atoms with Crippen LogP contribution in [0.5, 0.6) is 11.5 Å². The number of anilines is 1. The molecule has 0 radical (unpaired) electrons. The number of benzene rings is 2. The molecule has 0 saturated heterocycles. The zero-order chi connectivity index (χ0) is 19.6. The molecule has 0 saturated carbocycles. The maximum absolute atomic E-state index is 14.2. The molecule has 0 atom stereocenters. The highest BCUT2D eigenvalue weighted by molar-refractivity contribution is 7.92. The topological polar surface area (TPSA) is 108 Å². The van der Waals surface area contributed by atoms with E-state index in [1.54, 1.807) is 0 Å². The minimum atomic E-state index is -4.50. The van der Waals surface area contributed by atoms with Crippen LogP contribution in [0.3, 0.4) is 0 Å². The molecule has 0 spiro atoms. The molecule has 0 aliphatic rings. The van der Waals surface area contributed by atoms with Crippen LogP contribution in [0.1, 0.15) is 0 Å². The van der Waals surface area contributed by atoms with Crippen molar-refractivity contribution < 1.29 is 27.2 Å². The van der Waals surface area contributed by atoms with Crippen molar-refractivity contribution in [1.82, 2.24) is 0 Å². The molecule has 12 heteroatoms. The van der Waals surface area contributed by atoms with E-state index < -0.39 is 42.1 Å². The molecular weight excluding hydrogens is 414 g/mol. The number of nitrogens with one attached hydrogen (secondary N) is 1. The Morgan fingerprint density at radius 3 is 2.23 bits per heavy atom. The Labute approximate surface area is 157 Å². The van der Waals surface area contributed by atoms with Crippen molar-refractivity contribution in [2.24, 2.45) is 0 Å². The zero-order valence-electron chi connectivity index (χ0n) is 13.2. The summed E-state index contributed by atoms with van der Waals surface area (Å²) in [6.45, 7) is 0. The molecule has 0 unspecified atom stereocenters. The second-order valence-electron chi connectivity index (χ2n) is 4.79. The summed E-state index contributed by atoms with van der Waals surface area (Å²) in [6.07, 6.45) is 0. The standard InChI is InChI=1S/C14H11Cl2FN2O6S/c1-24-11-5-9(17)10(6-12(11)25-2)18-26(22,23)13-4-7(19(20)21)3-8(15)14(13)16/h3-6,18H,1-2H3. The third kappa shape index (κ3) is 3.92. The van der Waals surface area contributed by atoms with Crippen molar-refractivity contribution in [2.75, 3.05) is 18.9 Å². The fourth-order valence-electron chi connectivity index (χ4n) is 1.98. The first-order valence-electron chi connectivity index (χ1n) is 6.68. The molecule has 1 N–H and O–H groups in total. The molecule has 2 aromatic rings. The molecule has 0 fully saturated rings. The van der Waals surface area contributed by atoms with Gasteiger partial charge in [0.1, 0.15) is 4.90 Å². The summed E-state index contributed by atoms with van der Waals surface area (Å²) in [7, 11) is -1.93. The number of nitro benzene ring substituents is 1. The Morgan fingerprint density at radius 1 is 1.12 bits per heavy atom. The van der Waals surface area contributed by atoms with E-state index in [4.69, 9.17) is 32.7 Å². The van der Waals surface area contributed by atoms with Crippen LogP contribution >= 0.6 is 23.2 Å². The highest BCUT2D eigenvalue weighted by Crippen LogP contribution is 2.37. The fourth-order valence-corrected chi connectivity index (χ4v) is 3.84. The van der Waals surface area contributed by atoms with Crippen molar-refractivity contribution >= 4 is 44.6 Å². The highest BCUT2D eigenvalue weighted by atomic mass is 35.5. The minimum absolute atomic E-state index is 0.0457. The molecule has 0 aromatic heterocycles. The van der Waals surface area contributed by atoms with Gasteiger partial charge in [-0.3, -0.25) is 14.8 Å². The molecular formula is C14H11Cl2FN2O6S. The first kappa shape index (κ1) is 20.0. The lowest BCUT2D eigenvalue weighted by Gasteiger charge is -2.14. The summed E-state index contributed by atoms with van der Waals surface area (Å²) in [6, 6.07) is 3.59. The van der Waals surface area contributed by atoms with Crippen LogP contribution in [0, 0.1) is 15.9 Å². The lowest BCUT2D eigenvalue weighted by atomic mass is 10.2. The Bertz CT molecular complexity index is 984. The average Bonchev–Trinajstić information content (AvgIpc) is 2.57. The van der Waals surface area contributed by atoms with Crippen molar-refractivity contribution in [3.8, 4) is 11.5 Å². The lowest BCUT2D eigenvalue weighted by molar-refractivity contribution is -0.385. The third-order valence-electron chi connectivity index (χ3n) is 3.20. The molecule has 8 nitrogen and oxygen atoms in total. The number of hydrogen-bond donors (Lipinski definition) is 1. The fraction of sp³-hybridized carbons (Fsp3) is 0.143. The van der Waals surface area contributed by atoms with Gasteiger partial charge in [0.25, 0.3) is 15.7 Å². The molecule has 0 bridgehead atoms. The maximum atomic E-state index is 14.2. The minimum Gasteiger partial charge on any atom is -0.493 e. The predicted molar refractivity (Wildman–Crippen MR) is 93.4 cm³/mol. The van der Waals surface area contributed by atoms with Crippen LogP contribution in [-0.2, 0) is 10.0 Å². The van der Waals surface area contributed by atoms with E-state index in [0.717, 1.165) is 24.3 Å². The second-order valence-corrected chi connectivity index (χ2v) is 7.23. The molecule has 0 heterocycles. The molecule has 2 rings (SSSR count). The van der Waals surface area contributed by atoms with Gasteiger partial charge >= 0.3 is 0 Å². The van der Waals surface area contributed by atoms with Crippen LogP contribution in [-0.4, -0.2) is 27.6 Å². The van der Waals surface area contributed by atoms with Crippen LogP contribution in [0.25, 0.3) is 0 Å². The summed E-state index contributed by atoms with van der Waals surface area (Å²) in [4.78, 5) is 9.40. The number of non-ortho nitro benzene ring substituents is 1. The number of rotatable bonds is 6. The van der Waals surface area contributed by atoms with E-state index in [0.29, 0.717) is 0 Å². The maximum Gasteiger partial charge on any atom is 0.272 e. The SMILES string of the molecule is COc1cc(F)c(NS(=O)(=O)c2cc([N+](=O)[O-])cc(Cl)c2Cl)cc1OC. The molecule has 0 aliphatic carbocycles. The average molecular weight is 425 g/mol. The summed E-state index contributed by atoms with van der Waals surface area (Å²) in [5.41, 5.74) is -1.06. The summed E-state index contributed by atoms with van der Waals surface area (Å²) in [5.74, 6) is -0.849. The largest absolute Gasteiger partial charge is 0.493 e. The Kier molecular flexibility index (Phi) is 5.79. The van der Waals surface area contributed by atoms with E-state index in [-0.39, 0.29) is 16.5 Å². The van der Waals surface area contributed by atoms with Gasteiger partial charge in [0.15, 0.2) is 17.3 Å². The monoisotopic (exact) mass is 424 g/mol. The molecule has 140 valence electrons. The van der Waals surface area contributed by atoms with Crippen LogP contribution < -0.4 is 14.2 Å². The number of methoxy groups -OCH3 is 2. The van der Waals surface area contributed by atoms with E-state index in [1.807, 2.05) is 4.72 Å². The molecule has 26 heavy (non-hydrogen) atoms. The van der Waals surface area contributed by atoms with Crippen LogP contribution in [0.2, 0.25) is 10.0 Å². The van der Waals surface area contributed by atoms with Crippen molar-refractivity contribution in [1.29, 1.82) is 0 Å². The zero-order valence-corrected chi connectivity index (χ0v) is 15.6. The number of ether oxygens (including phenoxy) is 2. The van der Waals surface area contributed by atoms with Crippen LogP contribution in [0.4, 0.5) is 15.8 Å². The normalized spacial score (nSPS) is 11.1. The van der Waals surface area contributed by atoms with Gasteiger partial charge in [-0.05, 0) is 0 Å². The van der Waals surface area contributed by atoms with Gasteiger partial charge in [0.05, 0.1) is 34.9 Å². The van der Waals surface area contributed by atoms with Gasteiger partial charge in [0, 0.05) is 24.3 Å². The number of sulfonamides is 1. The Morgan fingerprint density at radius 2 is 1.69 bits per heavy atom. The number of nitrogens with zero attached hydrogens (tertiary/aromatic N) is 1. The molecule has 0 aliphatic heterocycles. The first-order valence-corrected chi connectivity index (χ1v) is 8.92. The van der Waals surface area contributed by atoms with Gasteiger partial charge in [0.2, 0.25) is 0 Å². The Hall–Kier alpha value is -2.30. The lowest BCUT2D eigenvalue weighted by Crippen LogP contribution is -2.15. The number of hydrogen-bond acceptors (Lipinski definition) is 6. The van der Waals surface area contributed by atoms with Gasteiger partial charge in [-0.1, -0.05) is 23.2 Å². The molecule has 0 amide bonds. The highest BCUT2D eigenvalue weighted by Gasteiger charge is 2.26. The van der Waals surface area contributed by atoms with E-state index in [2.05, 4.69) is 0 Å². The van der Waals surface area contributed by atoms with E-state index >= 15 is 0 Å². The summed E-state index contributed by atoms with van der Waals surface area (Å²) in [5, 5.41) is 10.1. The van der Waals surface area contributed by atoms with Gasteiger partial charge in [-0.2, -0.15) is 0 Å². The quantitative estimate of drug-likeness (QED) is 0.556. The van der Waals surface area contributed by atoms with E-state index in [9.17, 15) is 22.9 Å². The van der Waals surface area contributed by atoms with Crippen LogP contribution in [0.15, 0.2) is 29.2 Å². The summed E-state index contributed by atoms with van der Waals surface area (Å²) >= 11 is 11.6. The Balaban J connectivity index is 2.55. The summed E-state index contributed by atoms with van der Waals surface area (Å²) < 4.78 is 51.1. The molecule has 2 aromatic carbocycles. The van der Waals surface area contributed by atoms with Gasteiger partial charge in [-0.25, -0.2) is 12.8 Å². The smallest absolute Gasteiger partial charge is 0.272 e. The van der Waals surface area contributed by atoms with E-state index in [1.165, 1.54) is 14.2 Å². The second kappa shape index (κ2) is 7.52. The van der Waals surface area contributed by atoms with Gasteiger partial charge in [-0.15, -0.1) is 0 Å². The van der Waals surface area contributed by atoms with Crippen molar-refractivity contribution in [3.63, 3.8) is 0 Å².